The number of carbonyl (C=O) groups excluding carboxylic acids is 1. The third-order valence-corrected chi connectivity index (χ3v) is 2.19. The van der Waals surface area contributed by atoms with Crippen LogP contribution in [0.15, 0.2) is 24.3 Å². The van der Waals surface area contributed by atoms with Crippen molar-refractivity contribution in [1.29, 1.82) is 0 Å². The summed E-state index contributed by atoms with van der Waals surface area (Å²) in [6.45, 7) is 2.13. The van der Waals surface area contributed by atoms with E-state index in [2.05, 4.69) is 0 Å². The Morgan fingerprint density at radius 1 is 1.50 bits per heavy atom. The molecule has 0 radical (unpaired) electrons. The van der Waals surface area contributed by atoms with E-state index in [9.17, 15) is 4.79 Å². The molecule has 0 aliphatic carbocycles. The number of carbonyl (C=O) groups is 1. The molecule has 0 fully saturated rings. The number of halogens is 1. The van der Waals surface area contributed by atoms with Crippen LogP contribution in [0.3, 0.4) is 0 Å². The van der Waals surface area contributed by atoms with Crippen molar-refractivity contribution in [3.63, 3.8) is 0 Å². The highest BCUT2D eigenvalue weighted by atomic mass is 35.5. The molecule has 0 bridgehead atoms. The van der Waals surface area contributed by atoms with Gasteiger partial charge in [-0.15, -0.1) is 0 Å². The lowest BCUT2D eigenvalue weighted by Gasteiger charge is -2.03. The topological polar surface area (TPSA) is 35.5 Å². The number of methoxy groups -OCH3 is 1. The maximum atomic E-state index is 11.1. The van der Waals surface area contributed by atoms with Crippen LogP contribution in [0.5, 0.6) is 5.75 Å². The van der Waals surface area contributed by atoms with Gasteiger partial charge >= 0.3 is 5.97 Å². The lowest BCUT2D eigenvalue weighted by Crippen LogP contribution is -1.98. The summed E-state index contributed by atoms with van der Waals surface area (Å²) >= 11 is 5.87. The van der Waals surface area contributed by atoms with Crippen LogP contribution in [0.2, 0.25) is 5.02 Å². The summed E-state index contributed by atoms with van der Waals surface area (Å²) in [6, 6.07) is 5.25. The highest BCUT2D eigenvalue weighted by Crippen LogP contribution is 2.25. The van der Waals surface area contributed by atoms with Crippen molar-refractivity contribution in [3.8, 4) is 5.75 Å². The molecule has 0 spiro atoms. The molecule has 0 saturated heterocycles. The van der Waals surface area contributed by atoms with Crippen molar-refractivity contribution < 1.29 is 14.3 Å². The fourth-order valence-corrected chi connectivity index (χ4v) is 1.33. The monoisotopic (exact) mass is 240 g/mol. The Morgan fingerprint density at radius 3 is 2.88 bits per heavy atom. The van der Waals surface area contributed by atoms with Crippen molar-refractivity contribution in [2.75, 3.05) is 13.7 Å². The number of esters is 1. The number of rotatable bonds is 4. The van der Waals surface area contributed by atoms with Gasteiger partial charge in [-0.3, -0.25) is 0 Å². The summed E-state index contributed by atoms with van der Waals surface area (Å²) in [4.78, 5) is 11.1. The minimum absolute atomic E-state index is 0.364. The van der Waals surface area contributed by atoms with E-state index >= 15 is 0 Å². The van der Waals surface area contributed by atoms with Crippen molar-refractivity contribution in [3.05, 3.63) is 34.9 Å². The predicted molar refractivity (Wildman–Crippen MR) is 63.7 cm³/mol. The smallest absolute Gasteiger partial charge is 0.330 e. The lowest BCUT2D eigenvalue weighted by atomic mass is 10.2. The highest BCUT2D eigenvalue weighted by molar-refractivity contribution is 6.32. The van der Waals surface area contributed by atoms with Crippen LogP contribution in [0.25, 0.3) is 6.08 Å². The third kappa shape index (κ3) is 3.59. The van der Waals surface area contributed by atoms with E-state index in [0.717, 1.165) is 5.56 Å². The molecule has 0 heterocycles. The summed E-state index contributed by atoms with van der Waals surface area (Å²) in [5.74, 6) is 0.212. The summed E-state index contributed by atoms with van der Waals surface area (Å²) in [7, 11) is 1.54. The first-order valence-electron chi connectivity index (χ1n) is 4.85. The second kappa shape index (κ2) is 6.18. The van der Waals surface area contributed by atoms with E-state index < -0.39 is 0 Å². The Balaban J connectivity index is 2.78. The van der Waals surface area contributed by atoms with E-state index in [1.807, 2.05) is 0 Å². The van der Waals surface area contributed by atoms with Crippen LogP contribution >= 0.6 is 11.6 Å². The summed E-state index contributed by atoms with van der Waals surface area (Å²) in [6.07, 6.45) is 3.02. The fraction of sp³-hybridized carbons (Fsp3) is 0.250. The second-order valence-corrected chi connectivity index (χ2v) is 3.39. The Labute approximate surface area is 99.6 Å². The zero-order valence-electron chi connectivity index (χ0n) is 9.20. The second-order valence-electron chi connectivity index (χ2n) is 2.98. The van der Waals surface area contributed by atoms with Crippen LogP contribution in [0, 0.1) is 0 Å². The molecule has 0 aliphatic heterocycles. The fourth-order valence-electron chi connectivity index (χ4n) is 1.13. The molecule has 1 aromatic rings. The van der Waals surface area contributed by atoms with Gasteiger partial charge in [0.2, 0.25) is 0 Å². The summed E-state index contributed by atoms with van der Waals surface area (Å²) < 4.78 is 9.82. The van der Waals surface area contributed by atoms with Crippen LogP contribution in [0.4, 0.5) is 0 Å². The first-order chi connectivity index (χ1) is 7.67. The zero-order valence-corrected chi connectivity index (χ0v) is 9.95. The van der Waals surface area contributed by atoms with Crippen LogP contribution in [-0.4, -0.2) is 19.7 Å². The van der Waals surface area contributed by atoms with E-state index in [-0.39, 0.29) is 5.97 Å². The van der Waals surface area contributed by atoms with Crippen LogP contribution in [0.1, 0.15) is 12.5 Å². The molecular formula is C12H13ClO3. The van der Waals surface area contributed by atoms with E-state index in [4.69, 9.17) is 21.1 Å². The van der Waals surface area contributed by atoms with Gasteiger partial charge in [0.05, 0.1) is 18.7 Å². The number of hydrogen-bond acceptors (Lipinski definition) is 3. The molecule has 0 saturated carbocycles. The predicted octanol–water partition coefficient (Wildman–Crippen LogP) is 2.92. The molecule has 0 atom stereocenters. The average molecular weight is 241 g/mol. The molecule has 3 nitrogen and oxygen atoms in total. The maximum Gasteiger partial charge on any atom is 0.330 e. The van der Waals surface area contributed by atoms with Gasteiger partial charge < -0.3 is 9.47 Å². The van der Waals surface area contributed by atoms with Crippen LogP contribution < -0.4 is 4.74 Å². The largest absolute Gasteiger partial charge is 0.495 e. The summed E-state index contributed by atoms with van der Waals surface area (Å²) in [5.41, 5.74) is 0.828. The quantitative estimate of drug-likeness (QED) is 0.600. The normalized spacial score (nSPS) is 10.4. The zero-order chi connectivity index (χ0) is 12.0. The molecule has 86 valence electrons. The van der Waals surface area contributed by atoms with Crippen molar-refractivity contribution in [1.82, 2.24) is 0 Å². The van der Waals surface area contributed by atoms with Crippen molar-refractivity contribution in [2.24, 2.45) is 0 Å². The summed E-state index contributed by atoms with van der Waals surface area (Å²) in [5, 5.41) is 0.538. The Kier molecular flexibility index (Phi) is 4.86. The number of benzene rings is 1. The lowest BCUT2D eigenvalue weighted by molar-refractivity contribution is -0.137. The Hall–Kier alpha value is -1.48. The highest BCUT2D eigenvalue weighted by Gasteiger charge is 2.00. The van der Waals surface area contributed by atoms with Gasteiger partial charge in [-0.05, 0) is 30.7 Å². The molecule has 4 heteroatoms. The van der Waals surface area contributed by atoms with Gasteiger partial charge in [-0.25, -0.2) is 4.79 Å². The van der Waals surface area contributed by atoms with Crippen molar-refractivity contribution >= 4 is 23.6 Å². The molecule has 0 aliphatic rings. The SMILES string of the molecule is CCOC(=O)C=Cc1ccc(Cl)c(OC)c1. The molecule has 1 aromatic carbocycles. The van der Waals surface area contributed by atoms with Gasteiger partial charge in [0.15, 0.2) is 0 Å². The van der Waals surface area contributed by atoms with E-state index in [1.165, 1.54) is 6.08 Å². The van der Waals surface area contributed by atoms with E-state index in [0.29, 0.717) is 17.4 Å². The maximum absolute atomic E-state index is 11.1. The standard InChI is InChI=1S/C12H13ClO3/c1-3-16-12(14)7-5-9-4-6-10(13)11(8-9)15-2/h4-8H,3H2,1-2H3. The molecule has 0 amide bonds. The minimum Gasteiger partial charge on any atom is -0.495 e. The van der Waals surface area contributed by atoms with Gasteiger partial charge in [0.25, 0.3) is 0 Å². The number of hydrogen-bond donors (Lipinski definition) is 0. The number of ether oxygens (including phenoxy) is 2. The third-order valence-electron chi connectivity index (χ3n) is 1.87. The molecule has 0 aromatic heterocycles. The Morgan fingerprint density at radius 2 is 2.25 bits per heavy atom. The Bertz CT molecular complexity index is 399. The average Bonchev–Trinajstić information content (AvgIpc) is 2.28. The van der Waals surface area contributed by atoms with Gasteiger partial charge in [-0.1, -0.05) is 17.7 Å². The van der Waals surface area contributed by atoms with Gasteiger partial charge in [0.1, 0.15) is 5.75 Å². The van der Waals surface area contributed by atoms with Gasteiger partial charge in [-0.2, -0.15) is 0 Å². The van der Waals surface area contributed by atoms with Crippen molar-refractivity contribution in [2.45, 2.75) is 6.92 Å². The molecular weight excluding hydrogens is 228 g/mol. The first-order valence-corrected chi connectivity index (χ1v) is 5.23. The molecule has 16 heavy (non-hydrogen) atoms. The first kappa shape index (κ1) is 12.6. The van der Waals surface area contributed by atoms with E-state index in [1.54, 1.807) is 38.3 Å². The molecule has 0 unspecified atom stereocenters. The minimum atomic E-state index is -0.364. The van der Waals surface area contributed by atoms with Gasteiger partial charge in [0, 0.05) is 6.08 Å². The van der Waals surface area contributed by atoms with Crippen LogP contribution in [-0.2, 0) is 9.53 Å². The molecule has 0 N–H and O–H groups in total. The molecule has 1 rings (SSSR count).